The molecule has 0 radical (unpaired) electrons. The Bertz CT molecular complexity index is 1190. The second kappa shape index (κ2) is 9.33. The first-order valence-electron chi connectivity index (χ1n) is 11.1. The molecule has 2 aliphatic heterocycles. The van der Waals surface area contributed by atoms with E-state index in [0.29, 0.717) is 79.2 Å². The molecule has 1 amide bonds. The highest BCUT2D eigenvalue weighted by molar-refractivity contribution is 5.87. The van der Waals surface area contributed by atoms with Crippen molar-refractivity contribution in [2.75, 3.05) is 56.2 Å². The lowest BCUT2D eigenvalue weighted by atomic mass is 10.1. The minimum Gasteiger partial charge on any atom is -0.378 e. The van der Waals surface area contributed by atoms with Gasteiger partial charge in [0, 0.05) is 32.7 Å². The van der Waals surface area contributed by atoms with Gasteiger partial charge in [-0.15, -0.1) is 0 Å². The summed E-state index contributed by atoms with van der Waals surface area (Å²) in [6, 6.07) is 0. The van der Waals surface area contributed by atoms with Crippen LogP contribution in [0.15, 0.2) is 31.4 Å². The first kappa shape index (κ1) is 22.2. The van der Waals surface area contributed by atoms with Gasteiger partial charge in [-0.05, 0) is 18.4 Å². The number of ether oxygens (including phenoxy) is 1. The van der Waals surface area contributed by atoms with E-state index in [1.807, 2.05) is 4.90 Å². The minimum absolute atomic E-state index is 0.0652. The average molecular weight is 473 g/mol. The van der Waals surface area contributed by atoms with Crippen LogP contribution in [0.4, 0.5) is 20.5 Å². The van der Waals surface area contributed by atoms with Gasteiger partial charge in [0.15, 0.2) is 17.0 Å². The number of amides is 1. The van der Waals surface area contributed by atoms with Gasteiger partial charge in [0.2, 0.25) is 11.9 Å². The standard InChI is InChI=1S/C21H25F2N9O2/c1-2-16(33)30-4-3-14(11-30)9-24-18-17-19(28-21(27-18)29-5-7-34-8-6-29)31(13-25-17)15-10-26-32(12-15)20(22)23/h2,10,12-14,20H,1,3-9,11H2,(H,24,27,28). The Morgan fingerprint density at radius 1 is 1.29 bits per heavy atom. The van der Waals surface area contributed by atoms with E-state index in [9.17, 15) is 13.6 Å². The van der Waals surface area contributed by atoms with E-state index in [-0.39, 0.29) is 11.8 Å². The lowest BCUT2D eigenvalue weighted by molar-refractivity contribution is -0.125. The molecule has 180 valence electrons. The largest absolute Gasteiger partial charge is 0.378 e. The molecular formula is C21H25F2N9O2. The molecule has 0 bridgehead atoms. The van der Waals surface area contributed by atoms with Crippen molar-refractivity contribution < 1.29 is 18.3 Å². The summed E-state index contributed by atoms with van der Waals surface area (Å²) in [6.07, 6.45) is 6.33. The van der Waals surface area contributed by atoms with Crippen molar-refractivity contribution in [2.45, 2.75) is 13.0 Å². The fourth-order valence-corrected chi connectivity index (χ4v) is 4.23. The average Bonchev–Trinajstić information content (AvgIpc) is 3.61. The topological polar surface area (TPSA) is 106 Å². The summed E-state index contributed by atoms with van der Waals surface area (Å²) in [6.45, 7) is 5.18. The number of halogens is 2. The van der Waals surface area contributed by atoms with E-state index in [4.69, 9.17) is 14.7 Å². The second-order valence-electron chi connectivity index (χ2n) is 8.24. The van der Waals surface area contributed by atoms with Crippen molar-refractivity contribution in [3.63, 3.8) is 0 Å². The number of fused-ring (bicyclic) bond motifs is 1. The monoisotopic (exact) mass is 473 g/mol. The molecule has 1 atom stereocenters. The van der Waals surface area contributed by atoms with Crippen LogP contribution in [0.5, 0.6) is 0 Å². The number of morpholine rings is 1. The van der Waals surface area contributed by atoms with Crippen molar-refractivity contribution >= 4 is 28.8 Å². The van der Waals surface area contributed by atoms with Crippen molar-refractivity contribution in [3.05, 3.63) is 31.4 Å². The third-order valence-electron chi connectivity index (χ3n) is 6.07. The summed E-state index contributed by atoms with van der Waals surface area (Å²) >= 11 is 0. The number of nitrogens with zero attached hydrogens (tertiary/aromatic N) is 8. The van der Waals surface area contributed by atoms with E-state index in [2.05, 4.69) is 22.0 Å². The Morgan fingerprint density at radius 2 is 2.12 bits per heavy atom. The lowest BCUT2D eigenvalue weighted by Gasteiger charge is -2.27. The second-order valence-corrected chi connectivity index (χ2v) is 8.24. The highest BCUT2D eigenvalue weighted by Gasteiger charge is 2.26. The van der Waals surface area contributed by atoms with Crippen molar-refractivity contribution in [2.24, 2.45) is 5.92 Å². The van der Waals surface area contributed by atoms with E-state index in [1.165, 1.54) is 24.8 Å². The molecule has 2 saturated heterocycles. The van der Waals surface area contributed by atoms with Crippen LogP contribution < -0.4 is 10.2 Å². The number of hydrogen-bond acceptors (Lipinski definition) is 8. The van der Waals surface area contributed by atoms with Crippen LogP contribution in [-0.4, -0.2) is 86.0 Å². The number of anilines is 2. The predicted octanol–water partition coefficient (Wildman–Crippen LogP) is 1.69. The lowest BCUT2D eigenvalue weighted by Crippen LogP contribution is -2.37. The van der Waals surface area contributed by atoms with Crippen LogP contribution in [0.1, 0.15) is 13.0 Å². The Morgan fingerprint density at radius 3 is 2.85 bits per heavy atom. The molecule has 13 heteroatoms. The fourth-order valence-electron chi connectivity index (χ4n) is 4.23. The molecule has 5 rings (SSSR count). The third kappa shape index (κ3) is 4.30. The summed E-state index contributed by atoms with van der Waals surface area (Å²) in [7, 11) is 0. The van der Waals surface area contributed by atoms with Gasteiger partial charge in [0.05, 0.1) is 31.3 Å². The molecule has 1 N–H and O–H groups in total. The summed E-state index contributed by atoms with van der Waals surface area (Å²) < 4.78 is 33.7. The summed E-state index contributed by atoms with van der Waals surface area (Å²) in [5.74, 6) is 1.26. The van der Waals surface area contributed by atoms with E-state index in [0.717, 1.165) is 6.42 Å². The van der Waals surface area contributed by atoms with Gasteiger partial charge in [0.25, 0.3) is 0 Å². The number of carbonyl (C=O) groups excluding carboxylic acids is 1. The molecule has 5 heterocycles. The van der Waals surface area contributed by atoms with E-state index < -0.39 is 6.55 Å². The van der Waals surface area contributed by atoms with Gasteiger partial charge in [-0.1, -0.05) is 6.58 Å². The Hall–Kier alpha value is -3.61. The zero-order valence-corrected chi connectivity index (χ0v) is 18.5. The Kier molecular flexibility index (Phi) is 6.09. The maximum Gasteiger partial charge on any atom is 0.333 e. The van der Waals surface area contributed by atoms with Gasteiger partial charge in [0.1, 0.15) is 6.33 Å². The third-order valence-corrected chi connectivity index (χ3v) is 6.07. The van der Waals surface area contributed by atoms with Gasteiger partial charge < -0.3 is 19.9 Å². The van der Waals surface area contributed by atoms with Gasteiger partial charge >= 0.3 is 6.55 Å². The van der Waals surface area contributed by atoms with Gasteiger partial charge in [-0.3, -0.25) is 9.36 Å². The number of likely N-dealkylation sites (tertiary alicyclic amines) is 1. The maximum atomic E-state index is 13.0. The molecule has 3 aromatic heterocycles. The molecule has 0 aromatic carbocycles. The van der Waals surface area contributed by atoms with Crippen LogP contribution in [0.3, 0.4) is 0 Å². The number of alkyl halides is 2. The highest BCUT2D eigenvalue weighted by atomic mass is 19.3. The number of carbonyl (C=O) groups is 1. The first-order chi connectivity index (χ1) is 16.5. The smallest absolute Gasteiger partial charge is 0.333 e. The van der Waals surface area contributed by atoms with Crippen LogP contribution in [-0.2, 0) is 9.53 Å². The normalized spacial score (nSPS) is 18.7. The molecule has 0 aliphatic carbocycles. The fraction of sp³-hybridized carbons (Fsp3) is 0.476. The van der Waals surface area contributed by atoms with Crippen LogP contribution in [0.2, 0.25) is 0 Å². The van der Waals surface area contributed by atoms with Crippen LogP contribution in [0, 0.1) is 5.92 Å². The van der Waals surface area contributed by atoms with Crippen LogP contribution in [0.25, 0.3) is 16.9 Å². The Balaban J connectivity index is 1.45. The number of imidazole rings is 1. The molecule has 1 unspecified atom stereocenters. The number of aromatic nitrogens is 6. The molecule has 2 aliphatic rings. The number of rotatable bonds is 7. The number of hydrogen-bond donors (Lipinski definition) is 1. The van der Waals surface area contributed by atoms with Gasteiger partial charge in [-0.2, -0.15) is 23.8 Å². The molecule has 0 saturated carbocycles. The molecule has 11 nitrogen and oxygen atoms in total. The zero-order chi connectivity index (χ0) is 23.7. The van der Waals surface area contributed by atoms with Crippen molar-refractivity contribution in [3.8, 4) is 5.69 Å². The maximum absolute atomic E-state index is 13.0. The van der Waals surface area contributed by atoms with Crippen LogP contribution >= 0.6 is 0 Å². The summed E-state index contributed by atoms with van der Waals surface area (Å²) in [5.41, 5.74) is 1.44. The summed E-state index contributed by atoms with van der Waals surface area (Å²) in [4.78, 5) is 29.6. The van der Waals surface area contributed by atoms with E-state index >= 15 is 0 Å². The quantitative estimate of drug-likeness (QED) is 0.517. The molecule has 34 heavy (non-hydrogen) atoms. The first-order valence-corrected chi connectivity index (χ1v) is 11.1. The molecule has 3 aromatic rings. The minimum atomic E-state index is -2.74. The molecule has 2 fully saturated rings. The van der Waals surface area contributed by atoms with Crippen molar-refractivity contribution in [1.82, 2.24) is 34.2 Å². The highest BCUT2D eigenvalue weighted by Crippen LogP contribution is 2.27. The predicted molar refractivity (Wildman–Crippen MR) is 120 cm³/mol. The van der Waals surface area contributed by atoms with Crippen molar-refractivity contribution in [1.29, 1.82) is 0 Å². The summed E-state index contributed by atoms with van der Waals surface area (Å²) in [5, 5.41) is 7.11. The molecule has 0 spiro atoms. The zero-order valence-electron chi connectivity index (χ0n) is 18.5. The Labute approximate surface area is 194 Å². The SMILES string of the molecule is C=CC(=O)N1CCC(CNc2nc(N3CCOCC3)nc3c2ncn3-c2cnn(C(F)F)c2)C1. The van der Waals surface area contributed by atoms with E-state index in [1.54, 1.807) is 9.47 Å². The van der Waals surface area contributed by atoms with Gasteiger partial charge in [-0.25, -0.2) is 9.67 Å². The molecular weight excluding hydrogens is 448 g/mol. The number of nitrogens with one attached hydrogen (secondary N) is 1.